The number of benzene rings is 1. The van der Waals surface area contributed by atoms with Crippen LogP contribution in [0.3, 0.4) is 0 Å². The standard InChI is InChI=1S/C15H20N2O3/c1-2-20-14(18)9-10-17-13-6-4-3-5-11(13)7-8-12(16)15(17)19/h3-6,12H,2,7-10,16H2,1H3. The number of carbonyl (C=O) groups is 2. The van der Waals surface area contributed by atoms with E-state index < -0.39 is 6.04 Å². The molecule has 2 rings (SSSR count). The van der Waals surface area contributed by atoms with E-state index in [2.05, 4.69) is 0 Å². The molecule has 0 bridgehead atoms. The Kier molecular flexibility index (Phi) is 4.74. The van der Waals surface area contributed by atoms with Gasteiger partial charge in [-0.15, -0.1) is 0 Å². The second-order valence-electron chi connectivity index (χ2n) is 4.82. The lowest BCUT2D eigenvalue weighted by molar-refractivity contribution is -0.142. The van der Waals surface area contributed by atoms with Crippen LogP contribution in [0.1, 0.15) is 25.3 Å². The highest BCUT2D eigenvalue weighted by molar-refractivity contribution is 5.98. The third-order valence-corrected chi connectivity index (χ3v) is 3.44. The van der Waals surface area contributed by atoms with Crippen LogP contribution in [-0.4, -0.2) is 31.1 Å². The van der Waals surface area contributed by atoms with E-state index in [1.54, 1.807) is 11.8 Å². The van der Waals surface area contributed by atoms with E-state index in [0.29, 0.717) is 19.6 Å². The Morgan fingerprint density at radius 3 is 2.95 bits per heavy atom. The van der Waals surface area contributed by atoms with Crippen LogP contribution in [0.15, 0.2) is 24.3 Å². The molecular weight excluding hydrogens is 256 g/mol. The van der Waals surface area contributed by atoms with Crippen LogP contribution in [0.4, 0.5) is 5.69 Å². The minimum absolute atomic E-state index is 0.126. The van der Waals surface area contributed by atoms with Gasteiger partial charge < -0.3 is 15.4 Å². The number of para-hydroxylation sites is 1. The molecule has 1 amide bonds. The van der Waals surface area contributed by atoms with Crippen molar-refractivity contribution in [1.82, 2.24) is 0 Å². The van der Waals surface area contributed by atoms with E-state index in [0.717, 1.165) is 17.7 Å². The molecule has 1 aromatic carbocycles. The summed E-state index contributed by atoms with van der Waals surface area (Å²) in [6, 6.07) is 7.22. The molecule has 1 aromatic rings. The van der Waals surface area contributed by atoms with E-state index in [9.17, 15) is 9.59 Å². The zero-order chi connectivity index (χ0) is 14.5. The number of hydrogen-bond donors (Lipinski definition) is 1. The molecule has 20 heavy (non-hydrogen) atoms. The highest BCUT2D eigenvalue weighted by Gasteiger charge is 2.27. The minimum atomic E-state index is -0.510. The molecule has 1 unspecified atom stereocenters. The number of nitrogens with two attached hydrogens (primary N) is 1. The quantitative estimate of drug-likeness (QED) is 0.840. The van der Waals surface area contributed by atoms with Gasteiger partial charge in [-0.1, -0.05) is 18.2 Å². The summed E-state index contributed by atoms with van der Waals surface area (Å²) in [5, 5.41) is 0. The number of rotatable bonds is 4. The molecule has 1 aliphatic heterocycles. The van der Waals surface area contributed by atoms with Gasteiger partial charge >= 0.3 is 5.97 Å². The molecule has 0 saturated carbocycles. The van der Waals surface area contributed by atoms with Crippen molar-refractivity contribution in [2.75, 3.05) is 18.1 Å². The van der Waals surface area contributed by atoms with Crippen LogP contribution in [0.25, 0.3) is 0 Å². The monoisotopic (exact) mass is 276 g/mol. The number of amides is 1. The third kappa shape index (κ3) is 3.17. The molecule has 1 atom stereocenters. The first-order valence-electron chi connectivity index (χ1n) is 6.94. The molecule has 0 spiro atoms. The van der Waals surface area contributed by atoms with E-state index in [1.165, 1.54) is 0 Å². The predicted octanol–water partition coefficient (Wildman–Crippen LogP) is 1.25. The molecule has 2 N–H and O–H groups in total. The largest absolute Gasteiger partial charge is 0.466 e. The number of carbonyl (C=O) groups excluding carboxylic acids is 2. The summed E-state index contributed by atoms with van der Waals surface area (Å²) in [6.07, 6.45) is 1.59. The van der Waals surface area contributed by atoms with Crippen molar-refractivity contribution in [3.05, 3.63) is 29.8 Å². The van der Waals surface area contributed by atoms with Crippen molar-refractivity contribution in [2.45, 2.75) is 32.2 Å². The second-order valence-corrected chi connectivity index (χ2v) is 4.82. The van der Waals surface area contributed by atoms with Crippen LogP contribution < -0.4 is 10.6 Å². The van der Waals surface area contributed by atoms with Crippen molar-refractivity contribution in [3.63, 3.8) is 0 Å². The molecule has 1 aliphatic rings. The fourth-order valence-corrected chi connectivity index (χ4v) is 2.41. The molecule has 5 heteroatoms. The number of ether oxygens (including phenoxy) is 1. The number of anilines is 1. The molecule has 108 valence electrons. The van der Waals surface area contributed by atoms with Gasteiger partial charge in [-0.25, -0.2) is 0 Å². The lowest BCUT2D eigenvalue weighted by Gasteiger charge is -2.24. The maximum absolute atomic E-state index is 12.3. The fourth-order valence-electron chi connectivity index (χ4n) is 2.41. The highest BCUT2D eigenvalue weighted by Crippen LogP contribution is 2.26. The predicted molar refractivity (Wildman–Crippen MR) is 76.3 cm³/mol. The van der Waals surface area contributed by atoms with Gasteiger partial charge in [0.15, 0.2) is 0 Å². The average Bonchev–Trinajstić information content (AvgIpc) is 2.56. The molecule has 0 aromatic heterocycles. The lowest BCUT2D eigenvalue weighted by atomic mass is 10.1. The first kappa shape index (κ1) is 14.5. The topological polar surface area (TPSA) is 72.6 Å². The van der Waals surface area contributed by atoms with E-state index in [1.807, 2.05) is 24.3 Å². The first-order valence-corrected chi connectivity index (χ1v) is 6.94. The third-order valence-electron chi connectivity index (χ3n) is 3.44. The zero-order valence-electron chi connectivity index (χ0n) is 11.7. The fraction of sp³-hybridized carbons (Fsp3) is 0.467. The maximum atomic E-state index is 12.3. The van der Waals surface area contributed by atoms with Gasteiger partial charge in [-0.05, 0) is 31.4 Å². The Bertz CT molecular complexity index is 502. The number of esters is 1. The summed E-state index contributed by atoms with van der Waals surface area (Å²) in [5.41, 5.74) is 7.86. The van der Waals surface area contributed by atoms with Crippen molar-refractivity contribution in [3.8, 4) is 0 Å². The highest BCUT2D eigenvalue weighted by atomic mass is 16.5. The first-order chi connectivity index (χ1) is 9.63. The molecular formula is C15H20N2O3. The molecule has 0 saturated heterocycles. The van der Waals surface area contributed by atoms with Crippen LogP contribution in [0.5, 0.6) is 0 Å². The van der Waals surface area contributed by atoms with Crippen LogP contribution in [0.2, 0.25) is 0 Å². The second kappa shape index (κ2) is 6.52. The Morgan fingerprint density at radius 2 is 2.20 bits per heavy atom. The van der Waals surface area contributed by atoms with Gasteiger partial charge in [-0.3, -0.25) is 9.59 Å². The van der Waals surface area contributed by atoms with Gasteiger partial charge in [0, 0.05) is 12.2 Å². The Balaban J connectivity index is 2.18. The lowest BCUT2D eigenvalue weighted by Crippen LogP contribution is -2.43. The molecule has 5 nitrogen and oxygen atoms in total. The van der Waals surface area contributed by atoms with E-state index >= 15 is 0 Å². The minimum Gasteiger partial charge on any atom is -0.466 e. The smallest absolute Gasteiger partial charge is 0.307 e. The van der Waals surface area contributed by atoms with Crippen molar-refractivity contribution >= 4 is 17.6 Å². The SMILES string of the molecule is CCOC(=O)CCN1C(=O)C(N)CCc2ccccc21. The summed E-state index contributed by atoms with van der Waals surface area (Å²) >= 11 is 0. The zero-order valence-corrected chi connectivity index (χ0v) is 11.7. The summed E-state index contributed by atoms with van der Waals surface area (Å²) < 4.78 is 4.91. The van der Waals surface area contributed by atoms with Crippen LogP contribution in [-0.2, 0) is 20.7 Å². The Hall–Kier alpha value is -1.88. The summed E-state index contributed by atoms with van der Waals surface area (Å²) in [6.45, 7) is 2.42. The van der Waals surface area contributed by atoms with Gasteiger partial charge in [0.2, 0.25) is 5.91 Å². The van der Waals surface area contributed by atoms with Crippen molar-refractivity contribution < 1.29 is 14.3 Å². The number of hydrogen-bond acceptors (Lipinski definition) is 4. The Labute approximate surface area is 118 Å². The summed E-state index contributed by atoms with van der Waals surface area (Å²) in [4.78, 5) is 25.4. The van der Waals surface area contributed by atoms with Gasteiger partial charge in [0.1, 0.15) is 0 Å². The number of nitrogens with zero attached hydrogens (tertiary/aromatic N) is 1. The van der Waals surface area contributed by atoms with E-state index in [4.69, 9.17) is 10.5 Å². The molecule has 0 aliphatic carbocycles. The molecule has 0 fully saturated rings. The Morgan fingerprint density at radius 1 is 1.45 bits per heavy atom. The summed E-state index contributed by atoms with van der Waals surface area (Å²) in [7, 11) is 0. The molecule has 0 radical (unpaired) electrons. The van der Waals surface area contributed by atoms with Crippen LogP contribution >= 0.6 is 0 Å². The number of fused-ring (bicyclic) bond motifs is 1. The van der Waals surface area contributed by atoms with Gasteiger partial charge in [-0.2, -0.15) is 0 Å². The van der Waals surface area contributed by atoms with Crippen LogP contribution in [0, 0.1) is 0 Å². The van der Waals surface area contributed by atoms with Crippen molar-refractivity contribution in [1.29, 1.82) is 0 Å². The molecule has 1 heterocycles. The summed E-state index contributed by atoms with van der Waals surface area (Å²) in [5.74, 6) is -0.421. The van der Waals surface area contributed by atoms with Gasteiger partial charge in [0.05, 0.1) is 19.1 Å². The average molecular weight is 276 g/mol. The van der Waals surface area contributed by atoms with E-state index in [-0.39, 0.29) is 18.3 Å². The van der Waals surface area contributed by atoms with Gasteiger partial charge in [0.25, 0.3) is 0 Å². The maximum Gasteiger partial charge on any atom is 0.307 e. The normalized spacial score (nSPS) is 18.4. The van der Waals surface area contributed by atoms with Crippen molar-refractivity contribution in [2.24, 2.45) is 5.73 Å². The number of aryl methyl sites for hydroxylation is 1.